The summed E-state index contributed by atoms with van der Waals surface area (Å²) in [4.78, 5) is 0. The van der Waals surface area contributed by atoms with Gasteiger partial charge in [0.05, 0.1) is 0 Å². The Balaban J connectivity index is 1.70. The van der Waals surface area contributed by atoms with Crippen LogP contribution in [0.3, 0.4) is 0 Å². The summed E-state index contributed by atoms with van der Waals surface area (Å²) >= 11 is 0. The number of ether oxygens (including phenoxy) is 1. The molecule has 3 rings (SSSR count). The quantitative estimate of drug-likeness (QED) is 0.859. The fourth-order valence-corrected chi connectivity index (χ4v) is 2.56. The van der Waals surface area contributed by atoms with Crippen molar-refractivity contribution < 1.29 is 4.74 Å². The van der Waals surface area contributed by atoms with Crippen LogP contribution in [0, 0.1) is 13.8 Å². The second-order valence-corrected chi connectivity index (χ2v) is 6.00. The standard InChI is InChI=1S/C19H23NO/c1-14-5-3-7-16(11-14)13-21-19-15(2)6-4-8-17(19)12-20-18-9-10-18/h3-8,11,18,20H,9-10,12-13H2,1-2H3. The highest BCUT2D eigenvalue weighted by Gasteiger charge is 2.20. The molecule has 0 aliphatic heterocycles. The molecule has 0 amide bonds. The van der Waals surface area contributed by atoms with E-state index in [1.165, 1.54) is 35.1 Å². The molecule has 2 aromatic carbocycles. The lowest BCUT2D eigenvalue weighted by Gasteiger charge is -2.15. The molecule has 0 atom stereocenters. The molecule has 0 bridgehead atoms. The maximum atomic E-state index is 6.12. The Kier molecular flexibility index (Phi) is 4.26. The van der Waals surface area contributed by atoms with Crippen LogP contribution in [-0.4, -0.2) is 6.04 Å². The van der Waals surface area contributed by atoms with Crippen molar-refractivity contribution in [3.05, 3.63) is 64.7 Å². The van der Waals surface area contributed by atoms with E-state index >= 15 is 0 Å². The average molecular weight is 281 g/mol. The first-order valence-corrected chi connectivity index (χ1v) is 7.72. The fourth-order valence-electron chi connectivity index (χ4n) is 2.56. The Morgan fingerprint density at radius 1 is 1.10 bits per heavy atom. The molecule has 1 aliphatic carbocycles. The number of hydrogen-bond acceptors (Lipinski definition) is 2. The molecule has 0 spiro atoms. The van der Waals surface area contributed by atoms with Crippen LogP contribution in [0.4, 0.5) is 0 Å². The number of hydrogen-bond donors (Lipinski definition) is 1. The Morgan fingerprint density at radius 2 is 1.90 bits per heavy atom. The summed E-state index contributed by atoms with van der Waals surface area (Å²) in [6, 6.07) is 15.6. The zero-order valence-electron chi connectivity index (χ0n) is 12.9. The second kappa shape index (κ2) is 6.31. The van der Waals surface area contributed by atoms with Gasteiger partial charge in [-0.2, -0.15) is 0 Å². The molecule has 1 aliphatic rings. The largest absolute Gasteiger partial charge is 0.488 e. The summed E-state index contributed by atoms with van der Waals surface area (Å²) in [7, 11) is 0. The number of rotatable bonds is 6. The van der Waals surface area contributed by atoms with Crippen LogP contribution in [0.5, 0.6) is 5.75 Å². The molecule has 2 heteroatoms. The number of aryl methyl sites for hydroxylation is 2. The molecule has 1 fully saturated rings. The van der Waals surface area contributed by atoms with E-state index in [-0.39, 0.29) is 0 Å². The number of para-hydroxylation sites is 1. The first-order valence-electron chi connectivity index (χ1n) is 7.72. The molecule has 0 unspecified atom stereocenters. The molecule has 0 aromatic heterocycles. The van der Waals surface area contributed by atoms with Crippen LogP contribution in [-0.2, 0) is 13.2 Å². The molecule has 2 aromatic rings. The van der Waals surface area contributed by atoms with Crippen molar-refractivity contribution in [2.45, 2.75) is 45.9 Å². The topological polar surface area (TPSA) is 21.3 Å². The minimum atomic E-state index is 0.628. The smallest absolute Gasteiger partial charge is 0.127 e. The van der Waals surface area contributed by atoms with Crippen LogP contribution >= 0.6 is 0 Å². The highest BCUT2D eigenvalue weighted by atomic mass is 16.5. The van der Waals surface area contributed by atoms with E-state index in [0.29, 0.717) is 6.61 Å². The number of nitrogens with one attached hydrogen (secondary N) is 1. The van der Waals surface area contributed by atoms with E-state index in [1.54, 1.807) is 0 Å². The molecule has 1 N–H and O–H groups in total. The normalized spacial score (nSPS) is 14.2. The van der Waals surface area contributed by atoms with Crippen molar-refractivity contribution in [2.75, 3.05) is 0 Å². The lowest BCUT2D eigenvalue weighted by atomic mass is 10.1. The van der Waals surface area contributed by atoms with Gasteiger partial charge in [0.15, 0.2) is 0 Å². The van der Waals surface area contributed by atoms with Gasteiger partial charge in [0.1, 0.15) is 12.4 Å². The van der Waals surface area contributed by atoms with E-state index in [4.69, 9.17) is 4.74 Å². The van der Waals surface area contributed by atoms with Crippen LogP contribution in [0.25, 0.3) is 0 Å². The van der Waals surface area contributed by atoms with E-state index in [2.05, 4.69) is 61.6 Å². The lowest BCUT2D eigenvalue weighted by molar-refractivity contribution is 0.300. The summed E-state index contributed by atoms with van der Waals surface area (Å²) in [6.45, 7) is 5.76. The SMILES string of the molecule is Cc1cccc(COc2c(C)cccc2CNC2CC2)c1. The molecule has 2 nitrogen and oxygen atoms in total. The van der Waals surface area contributed by atoms with Crippen LogP contribution in [0.15, 0.2) is 42.5 Å². The maximum absolute atomic E-state index is 6.12. The van der Waals surface area contributed by atoms with E-state index < -0.39 is 0 Å². The van der Waals surface area contributed by atoms with Gasteiger partial charge in [-0.25, -0.2) is 0 Å². The minimum absolute atomic E-state index is 0.628. The minimum Gasteiger partial charge on any atom is -0.488 e. The Labute approximate surface area is 127 Å². The first kappa shape index (κ1) is 14.2. The summed E-state index contributed by atoms with van der Waals surface area (Å²) in [5, 5.41) is 3.57. The highest BCUT2D eigenvalue weighted by Crippen LogP contribution is 2.26. The third-order valence-corrected chi connectivity index (χ3v) is 3.92. The second-order valence-electron chi connectivity index (χ2n) is 6.00. The van der Waals surface area contributed by atoms with Crippen LogP contribution in [0.1, 0.15) is 35.1 Å². The van der Waals surface area contributed by atoms with E-state index in [0.717, 1.165) is 18.3 Å². The van der Waals surface area contributed by atoms with Gasteiger partial charge in [-0.1, -0.05) is 48.0 Å². The van der Waals surface area contributed by atoms with E-state index in [1.807, 2.05) is 0 Å². The highest BCUT2D eigenvalue weighted by molar-refractivity contribution is 5.41. The van der Waals surface area contributed by atoms with Gasteiger partial charge in [-0.3, -0.25) is 0 Å². The molecular weight excluding hydrogens is 258 g/mol. The van der Waals surface area contributed by atoms with Gasteiger partial charge in [-0.15, -0.1) is 0 Å². The molecule has 110 valence electrons. The summed E-state index contributed by atoms with van der Waals surface area (Å²) in [6.07, 6.45) is 2.62. The third kappa shape index (κ3) is 3.85. The monoisotopic (exact) mass is 281 g/mol. The zero-order valence-corrected chi connectivity index (χ0v) is 12.9. The van der Waals surface area contributed by atoms with Crippen molar-refractivity contribution in [3.63, 3.8) is 0 Å². The van der Waals surface area contributed by atoms with Crippen molar-refractivity contribution in [3.8, 4) is 5.75 Å². The molecule has 1 saturated carbocycles. The Morgan fingerprint density at radius 3 is 2.67 bits per heavy atom. The maximum Gasteiger partial charge on any atom is 0.127 e. The number of benzene rings is 2. The van der Waals surface area contributed by atoms with Gasteiger partial charge < -0.3 is 10.1 Å². The summed E-state index contributed by atoms with van der Waals surface area (Å²) in [5.41, 5.74) is 4.96. The van der Waals surface area contributed by atoms with Gasteiger partial charge >= 0.3 is 0 Å². The molecular formula is C19H23NO. The molecule has 0 heterocycles. The van der Waals surface area contributed by atoms with E-state index in [9.17, 15) is 0 Å². The fraction of sp³-hybridized carbons (Fsp3) is 0.368. The summed E-state index contributed by atoms with van der Waals surface area (Å²) in [5.74, 6) is 1.03. The van der Waals surface area contributed by atoms with Gasteiger partial charge in [-0.05, 0) is 37.8 Å². The average Bonchev–Trinajstić information content (AvgIpc) is 3.28. The lowest BCUT2D eigenvalue weighted by Crippen LogP contribution is -2.16. The van der Waals surface area contributed by atoms with Crippen LogP contribution < -0.4 is 10.1 Å². The Bertz CT molecular complexity index is 617. The Hall–Kier alpha value is -1.80. The van der Waals surface area contributed by atoms with Crippen molar-refractivity contribution >= 4 is 0 Å². The third-order valence-electron chi connectivity index (χ3n) is 3.92. The zero-order chi connectivity index (χ0) is 14.7. The van der Waals surface area contributed by atoms with Crippen LogP contribution in [0.2, 0.25) is 0 Å². The molecule has 0 saturated heterocycles. The van der Waals surface area contributed by atoms with Gasteiger partial charge in [0.2, 0.25) is 0 Å². The predicted octanol–water partition coefficient (Wildman–Crippen LogP) is 4.13. The van der Waals surface area contributed by atoms with Gasteiger partial charge in [0.25, 0.3) is 0 Å². The van der Waals surface area contributed by atoms with Crippen molar-refractivity contribution in [2.24, 2.45) is 0 Å². The van der Waals surface area contributed by atoms with Gasteiger partial charge in [0, 0.05) is 18.2 Å². The molecule has 21 heavy (non-hydrogen) atoms. The molecule has 0 radical (unpaired) electrons. The first-order chi connectivity index (χ1) is 10.2. The van der Waals surface area contributed by atoms with Crippen molar-refractivity contribution in [1.29, 1.82) is 0 Å². The van der Waals surface area contributed by atoms with Crippen molar-refractivity contribution in [1.82, 2.24) is 5.32 Å². The summed E-state index contributed by atoms with van der Waals surface area (Å²) < 4.78 is 6.12. The predicted molar refractivity (Wildman–Crippen MR) is 86.6 cm³/mol.